The number of carboxylic acids is 1. The molecule has 0 aliphatic carbocycles. The van der Waals surface area contributed by atoms with Gasteiger partial charge in [0.2, 0.25) is 0 Å². The Labute approximate surface area is 112 Å². The van der Waals surface area contributed by atoms with Crippen LogP contribution >= 0.6 is 0 Å². The number of rotatable bonds is 7. The number of hydrogen-bond acceptors (Lipinski definition) is 4. The summed E-state index contributed by atoms with van der Waals surface area (Å²) in [6.07, 6.45) is 1.60. The summed E-state index contributed by atoms with van der Waals surface area (Å²) in [5.74, 6) is 0.283. The maximum absolute atomic E-state index is 11.5. The highest BCUT2D eigenvalue weighted by Gasteiger charge is 2.14. The van der Waals surface area contributed by atoms with Gasteiger partial charge in [-0.2, -0.15) is 0 Å². The Hall–Kier alpha value is -1.85. The number of carboxylic acid groups (broad SMARTS) is 1. The Morgan fingerprint density at radius 3 is 2.74 bits per heavy atom. The highest BCUT2D eigenvalue weighted by Crippen LogP contribution is 2.12. The third-order valence-corrected chi connectivity index (χ3v) is 2.72. The van der Waals surface area contributed by atoms with Crippen LogP contribution in [0.25, 0.3) is 0 Å². The van der Waals surface area contributed by atoms with Crippen molar-refractivity contribution in [3.05, 3.63) is 22.2 Å². The van der Waals surface area contributed by atoms with E-state index in [0.717, 1.165) is 12.8 Å². The van der Waals surface area contributed by atoms with E-state index in [2.05, 4.69) is 15.3 Å². The van der Waals surface area contributed by atoms with Gasteiger partial charge >= 0.3 is 5.97 Å². The molecule has 6 heteroatoms. The summed E-state index contributed by atoms with van der Waals surface area (Å²) < 4.78 is 0. The molecule has 0 radical (unpaired) electrons. The van der Waals surface area contributed by atoms with Crippen molar-refractivity contribution in [1.82, 2.24) is 9.97 Å². The topological polar surface area (TPSA) is 95.1 Å². The molecule has 106 valence electrons. The van der Waals surface area contributed by atoms with E-state index in [1.807, 2.05) is 20.8 Å². The third kappa shape index (κ3) is 5.11. The van der Waals surface area contributed by atoms with Gasteiger partial charge in [-0.1, -0.05) is 27.2 Å². The molecule has 1 unspecified atom stereocenters. The minimum Gasteiger partial charge on any atom is -0.481 e. The zero-order chi connectivity index (χ0) is 14.4. The van der Waals surface area contributed by atoms with Gasteiger partial charge in [0.15, 0.2) is 0 Å². The van der Waals surface area contributed by atoms with Gasteiger partial charge in [0, 0.05) is 18.0 Å². The second-order valence-electron chi connectivity index (χ2n) is 4.90. The number of nitrogens with one attached hydrogen (secondary N) is 2. The lowest BCUT2D eigenvalue weighted by Gasteiger charge is -2.17. The summed E-state index contributed by atoms with van der Waals surface area (Å²) in [5, 5.41) is 11.9. The second-order valence-corrected chi connectivity index (χ2v) is 4.90. The van der Waals surface area contributed by atoms with Crippen LogP contribution in [-0.4, -0.2) is 27.1 Å². The maximum Gasteiger partial charge on any atom is 0.305 e. The molecule has 19 heavy (non-hydrogen) atoms. The molecule has 0 amide bonds. The highest BCUT2D eigenvalue weighted by molar-refractivity contribution is 5.68. The molecule has 0 saturated carbocycles. The SMILES string of the molecule is CCCC(CC(=O)O)Nc1cc(=O)[nH]c(C(C)C)n1. The number of aromatic nitrogens is 2. The van der Waals surface area contributed by atoms with E-state index in [4.69, 9.17) is 5.11 Å². The lowest BCUT2D eigenvalue weighted by Crippen LogP contribution is -2.25. The van der Waals surface area contributed by atoms with E-state index in [1.54, 1.807) is 0 Å². The predicted molar refractivity (Wildman–Crippen MR) is 73.5 cm³/mol. The van der Waals surface area contributed by atoms with Gasteiger partial charge in [0.05, 0.1) is 6.42 Å². The largest absolute Gasteiger partial charge is 0.481 e. The number of hydrogen-bond donors (Lipinski definition) is 3. The zero-order valence-corrected chi connectivity index (χ0v) is 11.6. The van der Waals surface area contributed by atoms with Crippen molar-refractivity contribution in [3.8, 4) is 0 Å². The predicted octanol–water partition coefficient (Wildman–Crippen LogP) is 1.95. The Morgan fingerprint density at radius 2 is 2.21 bits per heavy atom. The summed E-state index contributed by atoms with van der Waals surface area (Å²) in [7, 11) is 0. The molecule has 0 aliphatic heterocycles. The van der Waals surface area contributed by atoms with Crippen LogP contribution in [0.5, 0.6) is 0 Å². The molecule has 0 aliphatic rings. The zero-order valence-electron chi connectivity index (χ0n) is 11.6. The van der Waals surface area contributed by atoms with Crippen molar-refractivity contribution in [2.45, 2.75) is 52.0 Å². The molecule has 1 aromatic rings. The number of anilines is 1. The molecule has 0 aromatic carbocycles. The summed E-state index contributed by atoms with van der Waals surface area (Å²) in [6.45, 7) is 5.85. The first kappa shape index (κ1) is 15.2. The molecule has 1 rings (SSSR count). The fraction of sp³-hybridized carbons (Fsp3) is 0.615. The summed E-state index contributed by atoms with van der Waals surface area (Å²) >= 11 is 0. The van der Waals surface area contributed by atoms with Crippen molar-refractivity contribution in [3.63, 3.8) is 0 Å². The molecule has 0 bridgehead atoms. The van der Waals surface area contributed by atoms with Crippen LogP contribution in [0, 0.1) is 0 Å². The van der Waals surface area contributed by atoms with Crippen molar-refractivity contribution in [2.24, 2.45) is 0 Å². The van der Waals surface area contributed by atoms with Gasteiger partial charge in [-0.3, -0.25) is 9.59 Å². The van der Waals surface area contributed by atoms with Crippen molar-refractivity contribution < 1.29 is 9.90 Å². The van der Waals surface area contributed by atoms with Crippen LogP contribution in [0.4, 0.5) is 5.82 Å². The lowest BCUT2D eigenvalue weighted by molar-refractivity contribution is -0.137. The third-order valence-electron chi connectivity index (χ3n) is 2.72. The Bertz CT molecular complexity index is 482. The normalized spacial score (nSPS) is 12.4. The lowest BCUT2D eigenvalue weighted by atomic mass is 10.1. The van der Waals surface area contributed by atoms with Crippen LogP contribution < -0.4 is 10.9 Å². The van der Waals surface area contributed by atoms with Gasteiger partial charge in [-0.05, 0) is 6.42 Å². The van der Waals surface area contributed by atoms with E-state index in [-0.39, 0.29) is 23.9 Å². The highest BCUT2D eigenvalue weighted by atomic mass is 16.4. The number of carbonyl (C=O) groups is 1. The molecular formula is C13H21N3O3. The van der Waals surface area contributed by atoms with Crippen LogP contribution in [0.3, 0.4) is 0 Å². The summed E-state index contributed by atoms with van der Waals surface area (Å²) in [5.41, 5.74) is -0.230. The fourth-order valence-corrected chi connectivity index (χ4v) is 1.82. The molecule has 1 aromatic heterocycles. The Kier molecular flexibility index (Phi) is 5.54. The van der Waals surface area contributed by atoms with E-state index >= 15 is 0 Å². The quantitative estimate of drug-likeness (QED) is 0.701. The van der Waals surface area contributed by atoms with E-state index in [1.165, 1.54) is 6.07 Å². The standard InChI is InChI=1S/C13H21N3O3/c1-4-5-9(6-12(18)19)14-10-7-11(17)16-13(15-10)8(2)3/h7-9H,4-6H2,1-3H3,(H,18,19)(H2,14,15,16,17). The van der Waals surface area contributed by atoms with Crippen LogP contribution in [0.1, 0.15) is 51.8 Å². The minimum absolute atomic E-state index is 0.0132. The molecule has 6 nitrogen and oxygen atoms in total. The van der Waals surface area contributed by atoms with Gasteiger partial charge in [-0.15, -0.1) is 0 Å². The van der Waals surface area contributed by atoms with Crippen molar-refractivity contribution in [1.29, 1.82) is 0 Å². The minimum atomic E-state index is -0.861. The molecule has 3 N–H and O–H groups in total. The van der Waals surface area contributed by atoms with E-state index in [9.17, 15) is 9.59 Å². The van der Waals surface area contributed by atoms with Crippen LogP contribution in [0.15, 0.2) is 10.9 Å². The molecule has 0 fully saturated rings. The number of H-pyrrole nitrogens is 1. The van der Waals surface area contributed by atoms with Crippen LogP contribution in [-0.2, 0) is 4.79 Å². The molecular weight excluding hydrogens is 246 g/mol. The first-order valence-electron chi connectivity index (χ1n) is 6.52. The van der Waals surface area contributed by atoms with Gasteiger partial charge < -0.3 is 15.4 Å². The van der Waals surface area contributed by atoms with Gasteiger partial charge in [-0.25, -0.2) is 4.98 Å². The van der Waals surface area contributed by atoms with Gasteiger partial charge in [0.1, 0.15) is 11.6 Å². The summed E-state index contributed by atoms with van der Waals surface area (Å²) in [6, 6.07) is 1.15. The number of nitrogens with zero attached hydrogens (tertiary/aromatic N) is 1. The first-order chi connectivity index (χ1) is 8.92. The molecule has 1 atom stereocenters. The number of aliphatic carboxylic acids is 1. The smallest absolute Gasteiger partial charge is 0.305 e. The molecule has 0 saturated heterocycles. The van der Waals surface area contributed by atoms with E-state index in [0.29, 0.717) is 11.6 Å². The first-order valence-corrected chi connectivity index (χ1v) is 6.52. The second kappa shape index (κ2) is 6.92. The fourth-order valence-electron chi connectivity index (χ4n) is 1.82. The Balaban J connectivity index is 2.89. The maximum atomic E-state index is 11.5. The number of aromatic amines is 1. The average molecular weight is 267 g/mol. The summed E-state index contributed by atoms with van der Waals surface area (Å²) in [4.78, 5) is 29.3. The van der Waals surface area contributed by atoms with Crippen molar-refractivity contribution in [2.75, 3.05) is 5.32 Å². The average Bonchev–Trinajstić information content (AvgIpc) is 2.27. The Morgan fingerprint density at radius 1 is 1.53 bits per heavy atom. The monoisotopic (exact) mass is 267 g/mol. The van der Waals surface area contributed by atoms with E-state index < -0.39 is 5.97 Å². The molecule has 0 spiro atoms. The van der Waals surface area contributed by atoms with Gasteiger partial charge in [0.25, 0.3) is 5.56 Å². The molecule has 1 heterocycles. The van der Waals surface area contributed by atoms with Crippen molar-refractivity contribution >= 4 is 11.8 Å². The van der Waals surface area contributed by atoms with Crippen LogP contribution in [0.2, 0.25) is 0 Å².